The van der Waals surface area contributed by atoms with Crippen molar-refractivity contribution in [2.45, 2.75) is 44.9 Å². The van der Waals surface area contributed by atoms with Crippen molar-refractivity contribution in [1.82, 2.24) is 9.80 Å². The first-order chi connectivity index (χ1) is 11.5. The summed E-state index contributed by atoms with van der Waals surface area (Å²) in [5, 5.41) is 10.3. The molecule has 1 fully saturated rings. The fraction of sp³-hybridized carbons (Fsp3) is 0.684. The Hall–Kier alpha value is -1.30. The molecule has 0 spiro atoms. The van der Waals surface area contributed by atoms with Crippen LogP contribution in [-0.2, 0) is 0 Å². The lowest BCUT2D eigenvalue weighted by Gasteiger charge is -2.41. The largest absolute Gasteiger partial charge is 0.497 e. The van der Waals surface area contributed by atoms with E-state index in [2.05, 4.69) is 30.7 Å². The number of benzene rings is 1. The van der Waals surface area contributed by atoms with Crippen LogP contribution in [0.15, 0.2) is 24.3 Å². The fourth-order valence-electron chi connectivity index (χ4n) is 3.46. The predicted octanol–water partition coefficient (Wildman–Crippen LogP) is 2.24. The van der Waals surface area contributed by atoms with Gasteiger partial charge in [-0.1, -0.05) is 6.92 Å². The van der Waals surface area contributed by atoms with Crippen molar-refractivity contribution in [3.05, 3.63) is 24.3 Å². The number of hydrogen-bond acceptors (Lipinski definition) is 5. The minimum Gasteiger partial charge on any atom is -0.497 e. The molecule has 1 aliphatic rings. The third-order valence-corrected chi connectivity index (χ3v) is 5.02. The van der Waals surface area contributed by atoms with Crippen molar-refractivity contribution < 1.29 is 14.6 Å². The SMILES string of the molecule is CCN1CC[C@H](N(C)C[C@H](O)COc2ccc(OC)cc2)C[C@H]1C. The van der Waals surface area contributed by atoms with Gasteiger partial charge in [-0.2, -0.15) is 0 Å². The van der Waals surface area contributed by atoms with Gasteiger partial charge in [0.15, 0.2) is 0 Å². The van der Waals surface area contributed by atoms with Crippen LogP contribution in [0.25, 0.3) is 0 Å². The molecule has 1 saturated heterocycles. The van der Waals surface area contributed by atoms with Gasteiger partial charge in [-0.25, -0.2) is 0 Å². The Morgan fingerprint density at radius 2 is 1.96 bits per heavy atom. The molecule has 0 radical (unpaired) electrons. The molecule has 0 aliphatic carbocycles. The van der Waals surface area contributed by atoms with Crippen LogP contribution in [0.4, 0.5) is 0 Å². The number of methoxy groups -OCH3 is 1. The zero-order valence-electron chi connectivity index (χ0n) is 15.4. The molecular formula is C19H32N2O3. The average molecular weight is 336 g/mol. The number of ether oxygens (including phenoxy) is 2. The lowest BCUT2D eigenvalue weighted by atomic mass is 9.97. The van der Waals surface area contributed by atoms with Crippen molar-refractivity contribution in [2.24, 2.45) is 0 Å². The van der Waals surface area contributed by atoms with Crippen LogP contribution in [0, 0.1) is 0 Å². The monoisotopic (exact) mass is 336 g/mol. The van der Waals surface area contributed by atoms with Crippen molar-refractivity contribution in [3.63, 3.8) is 0 Å². The highest BCUT2D eigenvalue weighted by Crippen LogP contribution is 2.21. The van der Waals surface area contributed by atoms with Gasteiger partial charge in [0.2, 0.25) is 0 Å². The Bertz CT molecular complexity index is 480. The quantitative estimate of drug-likeness (QED) is 0.789. The first-order valence-electron chi connectivity index (χ1n) is 8.92. The van der Waals surface area contributed by atoms with Crippen molar-refractivity contribution in [1.29, 1.82) is 0 Å². The first-order valence-corrected chi connectivity index (χ1v) is 8.92. The van der Waals surface area contributed by atoms with Gasteiger partial charge in [-0.3, -0.25) is 0 Å². The second-order valence-corrected chi connectivity index (χ2v) is 6.74. The van der Waals surface area contributed by atoms with Crippen LogP contribution in [0.2, 0.25) is 0 Å². The van der Waals surface area contributed by atoms with Gasteiger partial charge < -0.3 is 24.4 Å². The zero-order valence-corrected chi connectivity index (χ0v) is 15.4. The maximum atomic E-state index is 10.3. The molecule has 0 aromatic heterocycles. The van der Waals surface area contributed by atoms with Crippen LogP contribution >= 0.6 is 0 Å². The molecule has 0 unspecified atom stereocenters. The molecule has 0 bridgehead atoms. The number of likely N-dealkylation sites (tertiary alicyclic amines) is 1. The number of likely N-dealkylation sites (N-methyl/N-ethyl adjacent to an activating group) is 1. The van der Waals surface area contributed by atoms with E-state index >= 15 is 0 Å². The minimum atomic E-state index is -0.489. The topological polar surface area (TPSA) is 45.2 Å². The van der Waals surface area contributed by atoms with E-state index in [1.54, 1.807) is 7.11 Å². The van der Waals surface area contributed by atoms with E-state index in [1.807, 2.05) is 24.3 Å². The number of piperidine rings is 1. The standard InChI is InChI=1S/C19H32N2O3/c1-5-21-11-10-16(12-15(21)2)20(3)13-17(22)14-24-19-8-6-18(23-4)7-9-19/h6-9,15-17,22H,5,10-14H2,1-4H3/t15-,16+,17+/m1/s1. The predicted molar refractivity (Wildman–Crippen MR) is 96.9 cm³/mol. The minimum absolute atomic E-state index is 0.306. The zero-order chi connectivity index (χ0) is 17.5. The maximum absolute atomic E-state index is 10.3. The molecular weight excluding hydrogens is 304 g/mol. The van der Waals surface area contributed by atoms with E-state index in [0.29, 0.717) is 25.2 Å². The second kappa shape index (κ2) is 9.25. The summed E-state index contributed by atoms with van der Waals surface area (Å²) in [6.07, 6.45) is 1.84. The number of aliphatic hydroxyl groups excluding tert-OH is 1. The molecule has 1 aromatic carbocycles. The highest BCUT2D eigenvalue weighted by Gasteiger charge is 2.27. The summed E-state index contributed by atoms with van der Waals surface area (Å²) >= 11 is 0. The lowest BCUT2D eigenvalue weighted by Crippen LogP contribution is -2.49. The average Bonchev–Trinajstić information content (AvgIpc) is 2.60. The van der Waals surface area contributed by atoms with E-state index < -0.39 is 6.10 Å². The van der Waals surface area contributed by atoms with E-state index in [1.165, 1.54) is 6.42 Å². The van der Waals surface area contributed by atoms with Crippen LogP contribution in [0.5, 0.6) is 11.5 Å². The van der Waals surface area contributed by atoms with E-state index in [-0.39, 0.29) is 0 Å². The summed E-state index contributed by atoms with van der Waals surface area (Å²) in [5.74, 6) is 1.55. The third-order valence-electron chi connectivity index (χ3n) is 5.02. The summed E-state index contributed by atoms with van der Waals surface area (Å²) in [7, 11) is 3.75. The van der Waals surface area contributed by atoms with Crippen molar-refractivity contribution >= 4 is 0 Å². The molecule has 0 saturated carbocycles. The van der Waals surface area contributed by atoms with E-state index in [4.69, 9.17) is 9.47 Å². The summed E-state index contributed by atoms with van der Waals surface area (Å²) < 4.78 is 10.8. The van der Waals surface area contributed by atoms with Gasteiger partial charge in [0, 0.05) is 18.6 Å². The molecule has 1 aromatic rings. The van der Waals surface area contributed by atoms with Crippen LogP contribution in [0.3, 0.4) is 0 Å². The molecule has 1 N–H and O–H groups in total. The van der Waals surface area contributed by atoms with E-state index in [9.17, 15) is 5.11 Å². The molecule has 5 heteroatoms. The number of nitrogens with zero attached hydrogens (tertiary/aromatic N) is 2. The summed E-state index contributed by atoms with van der Waals surface area (Å²) in [6, 6.07) is 8.59. The van der Waals surface area contributed by atoms with Gasteiger partial charge in [-0.15, -0.1) is 0 Å². The number of aliphatic hydroxyl groups is 1. The van der Waals surface area contributed by atoms with Gasteiger partial charge >= 0.3 is 0 Å². The van der Waals surface area contributed by atoms with Crippen LogP contribution < -0.4 is 9.47 Å². The van der Waals surface area contributed by atoms with Crippen molar-refractivity contribution in [2.75, 3.05) is 40.4 Å². The molecule has 0 amide bonds. The molecule has 5 nitrogen and oxygen atoms in total. The molecule has 2 rings (SSSR count). The van der Waals surface area contributed by atoms with Crippen LogP contribution in [-0.4, -0.2) is 73.5 Å². The second-order valence-electron chi connectivity index (χ2n) is 6.74. The molecule has 136 valence electrons. The fourth-order valence-corrected chi connectivity index (χ4v) is 3.46. The Labute approximate surface area is 146 Å². The smallest absolute Gasteiger partial charge is 0.119 e. The van der Waals surface area contributed by atoms with Crippen molar-refractivity contribution in [3.8, 4) is 11.5 Å². The normalized spacial score (nSPS) is 23.2. The highest BCUT2D eigenvalue weighted by atomic mass is 16.5. The maximum Gasteiger partial charge on any atom is 0.119 e. The molecule has 24 heavy (non-hydrogen) atoms. The summed E-state index contributed by atoms with van der Waals surface area (Å²) in [4.78, 5) is 4.80. The highest BCUT2D eigenvalue weighted by molar-refractivity contribution is 5.31. The lowest BCUT2D eigenvalue weighted by molar-refractivity contribution is 0.0364. The number of hydrogen-bond donors (Lipinski definition) is 1. The number of rotatable bonds is 8. The van der Waals surface area contributed by atoms with E-state index in [0.717, 1.165) is 31.0 Å². The molecule has 3 atom stereocenters. The van der Waals surface area contributed by atoms with Gasteiger partial charge in [-0.05, 0) is 64.2 Å². The Morgan fingerprint density at radius 1 is 1.29 bits per heavy atom. The Kier molecular flexibility index (Phi) is 7.34. The van der Waals surface area contributed by atoms with Crippen LogP contribution in [0.1, 0.15) is 26.7 Å². The molecule has 1 heterocycles. The Balaban J connectivity index is 1.74. The van der Waals surface area contributed by atoms with Gasteiger partial charge in [0.25, 0.3) is 0 Å². The third kappa shape index (κ3) is 5.36. The molecule has 1 aliphatic heterocycles. The summed E-state index contributed by atoms with van der Waals surface area (Å²) in [5.41, 5.74) is 0. The van der Waals surface area contributed by atoms with Gasteiger partial charge in [0.05, 0.1) is 7.11 Å². The first kappa shape index (κ1) is 19.0. The van der Waals surface area contributed by atoms with Gasteiger partial charge in [0.1, 0.15) is 24.2 Å². The Morgan fingerprint density at radius 3 is 2.54 bits per heavy atom. The summed E-state index contributed by atoms with van der Waals surface area (Å²) in [6.45, 7) is 7.73.